The van der Waals surface area contributed by atoms with Gasteiger partial charge in [-0.15, -0.1) is 0 Å². The second-order valence-electron chi connectivity index (χ2n) is 5.34. The number of fused-ring (bicyclic) bond motifs is 1. The third kappa shape index (κ3) is 2.69. The summed E-state index contributed by atoms with van der Waals surface area (Å²) in [6.45, 7) is 0. The predicted octanol–water partition coefficient (Wildman–Crippen LogP) is 3.76. The molecule has 0 unspecified atom stereocenters. The van der Waals surface area contributed by atoms with Crippen molar-refractivity contribution in [2.24, 2.45) is 4.99 Å². The topological polar surface area (TPSA) is 67.3 Å². The molecular formula is C18H12FN3O2. The molecule has 0 atom stereocenters. The number of Topliss-reactive ketones (excluding diaryl/α,β-unsaturated/α-hetero) is 1. The minimum Gasteiger partial charge on any atom is -0.439 e. The smallest absolute Gasteiger partial charge is 0.207 e. The second-order valence-corrected chi connectivity index (χ2v) is 5.34. The zero-order valence-electron chi connectivity index (χ0n) is 12.5. The lowest BCUT2D eigenvalue weighted by Gasteiger charge is -1.98. The van der Waals surface area contributed by atoms with Gasteiger partial charge in [-0.2, -0.15) is 0 Å². The molecule has 1 saturated heterocycles. The van der Waals surface area contributed by atoms with E-state index in [4.69, 9.17) is 4.74 Å². The van der Waals surface area contributed by atoms with Crippen LogP contribution in [0.1, 0.15) is 12.0 Å². The number of hydrogen-bond donors (Lipinski definition) is 1. The minimum absolute atomic E-state index is 0.0871. The Morgan fingerprint density at radius 2 is 2.08 bits per heavy atom. The van der Waals surface area contributed by atoms with Gasteiger partial charge in [0.15, 0.2) is 5.76 Å². The molecule has 6 heteroatoms. The van der Waals surface area contributed by atoms with E-state index < -0.39 is 0 Å². The molecule has 118 valence electrons. The number of ether oxygens (including phenoxy) is 1. The third-order valence-electron chi connectivity index (χ3n) is 3.66. The van der Waals surface area contributed by atoms with Crippen molar-refractivity contribution in [3.63, 3.8) is 0 Å². The molecule has 0 spiro atoms. The Hall–Kier alpha value is -3.28. The molecule has 0 bridgehead atoms. The van der Waals surface area contributed by atoms with Gasteiger partial charge in [-0.3, -0.25) is 4.79 Å². The Bertz CT molecular complexity index is 987. The molecule has 5 nitrogen and oxygen atoms in total. The monoisotopic (exact) mass is 321 g/mol. The number of halogens is 1. The van der Waals surface area contributed by atoms with Gasteiger partial charge in [0.25, 0.3) is 0 Å². The molecule has 1 aliphatic rings. The average Bonchev–Trinajstić information content (AvgIpc) is 3.14. The van der Waals surface area contributed by atoms with E-state index in [0.29, 0.717) is 11.6 Å². The quantitative estimate of drug-likeness (QED) is 0.731. The maximum atomic E-state index is 12.9. The van der Waals surface area contributed by atoms with E-state index in [0.717, 1.165) is 16.6 Å². The first-order chi connectivity index (χ1) is 11.7. The Labute approximate surface area is 136 Å². The fraction of sp³-hybridized carbons (Fsp3) is 0.0556. The number of hydrogen-bond acceptors (Lipinski definition) is 4. The fourth-order valence-electron chi connectivity index (χ4n) is 2.51. The third-order valence-corrected chi connectivity index (χ3v) is 3.66. The van der Waals surface area contributed by atoms with Crippen LogP contribution in [-0.2, 0) is 9.53 Å². The van der Waals surface area contributed by atoms with E-state index >= 15 is 0 Å². The number of aliphatic imine (C=N–C) groups is 1. The lowest BCUT2D eigenvalue weighted by molar-refractivity contribution is -0.114. The molecule has 1 aliphatic heterocycles. The zero-order valence-corrected chi connectivity index (χ0v) is 12.5. The van der Waals surface area contributed by atoms with E-state index in [2.05, 4.69) is 15.0 Å². The van der Waals surface area contributed by atoms with Crippen molar-refractivity contribution >= 4 is 34.5 Å². The van der Waals surface area contributed by atoms with Gasteiger partial charge in [0, 0.05) is 23.3 Å². The Morgan fingerprint density at radius 3 is 2.92 bits per heavy atom. The number of nitrogens with one attached hydrogen (secondary N) is 1. The van der Waals surface area contributed by atoms with Crippen molar-refractivity contribution in [1.82, 2.24) is 9.97 Å². The van der Waals surface area contributed by atoms with E-state index in [1.807, 2.05) is 12.1 Å². The lowest BCUT2D eigenvalue weighted by Crippen LogP contribution is -1.92. The summed E-state index contributed by atoms with van der Waals surface area (Å²) >= 11 is 0. The summed E-state index contributed by atoms with van der Waals surface area (Å²) in [5, 5.41) is 0.908. The van der Waals surface area contributed by atoms with Crippen LogP contribution in [0.3, 0.4) is 0 Å². The van der Waals surface area contributed by atoms with Crippen molar-refractivity contribution in [3.8, 4) is 0 Å². The first-order valence-electron chi connectivity index (χ1n) is 7.37. The summed E-state index contributed by atoms with van der Waals surface area (Å²) in [4.78, 5) is 23.6. The van der Waals surface area contributed by atoms with Crippen LogP contribution in [0, 0.1) is 5.82 Å². The summed E-state index contributed by atoms with van der Waals surface area (Å²) in [6.07, 6.45) is 5.23. The summed E-state index contributed by atoms with van der Waals surface area (Å²) in [6, 6.07) is 9.43. The van der Waals surface area contributed by atoms with Crippen molar-refractivity contribution in [3.05, 3.63) is 65.9 Å². The number of aromatic amines is 1. The van der Waals surface area contributed by atoms with Gasteiger partial charge in [0.1, 0.15) is 11.5 Å². The average molecular weight is 321 g/mol. The number of H-pyrrole nitrogens is 1. The molecule has 1 fully saturated rings. The highest BCUT2D eigenvalue weighted by Crippen LogP contribution is 2.25. The molecule has 0 amide bonds. The minimum atomic E-state index is -0.337. The van der Waals surface area contributed by atoms with Crippen molar-refractivity contribution in [2.75, 3.05) is 0 Å². The van der Waals surface area contributed by atoms with E-state index in [-0.39, 0.29) is 23.8 Å². The predicted molar refractivity (Wildman–Crippen MR) is 88.3 cm³/mol. The first-order valence-corrected chi connectivity index (χ1v) is 7.37. The summed E-state index contributed by atoms with van der Waals surface area (Å²) in [5.41, 5.74) is 2.11. The summed E-state index contributed by atoms with van der Waals surface area (Å²) < 4.78 is 18.5. The van der Waals surface area contributed by atoms with Gasteiger partial charge in [-0.1, -0.05) is 0 Å². The molecule has 0 radical (unpaired) electrons. The zero-order chi connectivity index (χ0) is 16.5. The number of carbonyl (C=O) groups excluding carboxylic acids is 1. The number of carbonyl (C=O) groups is 1. The van der Waals surface area contributed by atoms with Gasteiger partial charge in [0.05, 0.1) is 12.1 Å². The second kappa shape index (κ2) is 5.73. The number of ketones is 1. The van der Waals surface area contributed by atoms with E-state index in [9.17, 15) is 9.18 Å². The Balaban J connectivity index is 1.63. The highest BCUT2D eigenvalue weighted by Gasteiger charge is 2.26. The van der Waals surface area contributed by atoms with Crippen LogP contribution in [0.25, 0.3) is 17.1 Å². The number of benzene rings is 1. The molecular weight excluding hydrogens is 309 g/mol. The van der Waals surface area contributed by atoms with Crippen LogP contribution in [-0.4, -0.2) is 21.6 Å². The number of aromatic nitrogens is 2. The first kappa shape index (κ1) is 14.3. The molecule has 0 aliphatic carbocycles. The maximum Gasteiger partial charge on any atom is 0.207 e. The van der Waals surface area contributed by atoms with Crippen LogP contribution < -0.4 is 0 Å². The van der Waals surface area contributed by atoms with Crippen LogP contribution >= 0.6 is 0 Å². The number of nitrogens with zero attached hydrogens (tertiary/aromatic N) is 2. The number of allylic oxidation sites excluding steroid dienone is 1. The van der Waals surface area contributed by atoms with Crippen LogP contribution in [0.5, 0.6) is 0 Å². The molecule has 4 rings (SSSR count). The molecule has 2 aromatic heterocycles. The number of pyridine rings is 1. The molecule has 0 saturated carbocycles. The van der Waals surface area contributed by atoms with E-state index in [1.54, 1.807) is 18.5 Å². The Morgan fingerprint density at radius 1 is 1.25 bits per heavy atom. The molecule has 24 heavy (non-hydrogen) atoms. The largest absolute Gasteiger partial charge is 0.439 e. The molecule has 3 aromatic rings. The van der Waals surface area contributed by atoms with Gasteiger partial charge in [-0.25, -0.2) is 14.4 Å². The summed E-state index contributed by atoms with van der Waals surface area (Å²) in [5.74, 6) is 0.0569. The molecule has 1 N–H and O–H groups in total. The number of rotatable bonds is 2. The van der Waals surface area contributed by atoms with Crippen LogP contribution in [0.2, 0.25) is 0 Å². The highest BCUT2D eigenvalue weighted by atomic mass is 19.1. The summed E-state index contributed by atoms with van der Waals surface area (Å²) in [7, 11) is 0. The normalized spacial score (nSPS) is 17.8. The van der Waals surface area contributed by atoms with Gasteiger partial charge < -0.3 is 9.72 Å². The molecule has 3 heterocycles. The standard InChI is InChI=1S/C18H12FN3O2/c19-12-3-5-13(6-4-12)22-17-9-15(23)16(24-17)8-11-10-21-18-14(11)2-1-7-20-18/h1-8,10H,9H2,(H,20,21)/b16-8-,22-17?. The van der Waals surface area contributed by atoms with Crippen LogP contribution in [0.4, 0.5) is 10.1 Å². The lowest BCUT2D eigenvalue weighted by atomic mass is 10.1. The Kier molecular flexibility index (Phi) is 3.42. The van der Waals surface area contributed by atoms with E-state index in [1.165, 1.54) is 24.3 Å². The van der Waals surface area contributed by atoms with Gasteiger partial charge in [0.2, 0.25) is 11.7 Å². The van der Waals surface area contributed by atoms with Gasteiger partial charge in [-0.05, 0) is 42.5 Å². The van der Waals surface area contributed by atoms with Gasteiger partial charge >= 0.3 is 0 Å². The van der Waals surface area contributed by atoms with Crippen molar-refractivity contribution in [2.45, 2.75) is 6.42 Å². The SMILES string of the molecule is O=C1CC(=Nc2ccc(F)cc2)O/C1=C\c1c[nH]c2ncccc12. The fourth-order valence-corrected chi connectivity index (χ4v) is 2.51. The highest BCUT2D eigenvalue weighted by molar-refractivity contribution is 6.15. The molecule has 1 aromatic carbocycles. The van der Waals surface area contributed by atoms with Crippen molar-refractivity contribution in [1.29, 1.82) is 0 Å². The maximum absolute atomic E-state index is 12.9. The van der Waals surface area contributed by atoms with Crippen LogP contribution in [0.15, 0.2) is 59.5 Å². The van der Waals surface area contributed by atoms with Crippen molar-refractivity contribution < 1.29 is 13.9 Å².